The van der Waals surface area contributed by atoms with Crippen LogP contribution in [0.15, 0.2) is 78.9 Å². The van der Waals surface area contributed by atoms with E-state index in [-0.39, 0.29) is 18.0 Å². The Balaban J connectivity index is 1.32. The first-order valence-corrected chi connectivity index (χ1v) is 13.9. The van der Waals surface area contributed by atoms with E-state index in [0.29, 0.717) is 30.8 Å². The first-order valence-electron chi connectivity index (χ1n) is 12.1. The Kier molecular flexibility index (Phi) is 6.38. The highest BCUT2D eigenvalue weighted by Gasteiger charge is 2.34. The van der Waals surface area contributed by atoms with Crippen LogP contribution in [0.2, 0.25) is 0 Å². The van der Waals surface area contributed by atoms with Crippen LogP contribution in [0.25, 0.3) is 0 Å². The third kappa shape index (κ3) is 4.70. The molecule has 2 heterocycles. The number of amides is 1. The Bertz CT molecular complexity index is 1260. The minimum atomic E-state index is -3.35. The topological polar surface area (TPSA) is 60.9 Å². The van der Waals surface area contributed by atoms with Gasteiger partial charge in [0.2, 0.25) is 10.0 Å². The van der Waals surface area contributed by atoms with E-state index in [0.717, 1.165) is 18.7 Å². The average molecular weight is 490 g/mol. The highest BCUT2D eigenvalue weighted by atomic mass is 32.2. The summed E-state index contributed by atoms with van der Waals surface area (Å²) in [5, 5.41) is 0. The van der Waals surface area contributed by atoms with E-state index >= 15 is 0 Å². The van der Waals surface area contributed by atoms with Gasteiger partial charge >= 0.3 is 0 Å². The lowest BCUT2D eigenvalue weighted by Gasteiger charge is -2.40. The molecule has 1 saturated heterocycles. The number of nitrogens with zero attached hydrogens (tertiary/aromatic N) is 3. The Morgan fingerprint density at radius 3 is 1.97 bits per heavy atom. The van der Waals surface area contributed by atoms with Gasteiger partial charge in [0.15, 0.2) is 0 Å². The van der Waals surface area contributed by atoms with Crippen LogP contribution in [-0.4, -0.2) is 62.6 Å². The molecule has 2 aliphatic rings. The molecule has 0 saturated carbocycles. The molecule has 0 spiro atoms. The molecule has 0 aromatic heterocycles. The molecule has 0 aliphatic carbocycles. The zero-order chi connectivity index (χ0) is 24.6. The molecule has 1 unspecified atom stereocenters. The molecule has 2 aliphatic heterocycles. The zero-order valence-electron chi connectivity index (χ0n) is 20.2. The molecule has 0 N–H and O–H groups in total. The summed E-state index contributed by atoms with van der Waals surface area (Å²) < 4.78 is 25.9. The van der Waals surface area contributed by atoms with Crippen molar-refractivity contribution in [3.63, 3.8) is 0 Å². The van der Waals surface area contributed by atoms with Crippen molar-refractivity contribution in [1.82, 2.24) is 9.80 Å². The first kappa shape index (κ1) is 23.6. The van der Waals surface area contributed by atoms with Crippen molar-refractivity contribution in [2.45, 2.75) is 25.4 Å². The summed E-state index contributed by atoms with van der Waals surface area (Å²) >= 11 is 0. The van der Waals surface area contributed by atoms with Gasteiger partial charge in [-0.1, -0.05) is 60.7 Å². The Labute approximate surface area is 207 Å². The van der Waals surface area contributed by atoms with Crippen molar-refractivity contribution in [3.05, 3.63) is 101 Å². The third-order valence-electron chi connectivity index (χ3n) is 7.03. The van der Waals surface area contributed by atoms with Crippen LogP contribution in [0.5, 0.6) is 0 Å². The number of fused-ring (bicyclic) bond motifs is 1. The van der Waals surface area contributed by atoms with Gasteiger partial charge in [0, 0.05) is 37.8 Å². The number of rotatable bonds is 5. The van der Waals surface area contributed by atoms with E-state index in [1.54, 1.807) is 12.1 Å². The standard InChI is InChI=1S/C28H31N3O3S/c1-21-19-25-20-24(13-14-26(25)31(21)35(2,33)34)28(32)30-17-15-29(16-18-30)27(22-9-5-3-6-10-22)23-11-7-4-8-12-23/h3-14,20-21,27H,15-19H2,1-2H3. The summed E-state index contributed by atoms with van der Waals surface area (Å²) in [6.07, 6.45) is 1.85. The molecular weight excluding hydrogens is 458 g/mol. The highest BCUT2D eigenvalue weighted by molar-refractivity contribution is 7.92. The lowest BCUT2D eigenvalue weighted by Crippen LogP contribution is -2.49. The number of carbonyl (C=O) groups excluding carboxylic acids is 1. The molecule has 1 amide bonds. The van der Waals surface area contributed by atoms with Crippen LogP contribution < -0.4 is 4.31 Å². The fraction of sp³-hybridized carbons (Fsp3) is 0.321. The molecule has 3 aromatic carbocycles. The second-order valence-corrected chi connectivity index (χ2v) is 11.4. The average Bonchev–Trinajstić information content (AvgIpc) is 3.21. The van der Waals surface area contributed by atoms with Crippen molar-refractivity contribution >= 4 is 21.6 Å². The largest absolute Gasteiger partial charge is 0.336 e. The monoisotopic (exact) mass is 489 g/mol. The number of anilines is 1. The van der Waals surface area contributed by atoms with Crippen LogP contribution in [-0.2, 0) is 16.4 Å². The van der Waals surface area contributed by atoms with Gasteiger partial charge in [0.05, 0.1) is 18.0 Å². The normalized spacial score (nSPS) is 18.7. The summed E-state index contributed by atoms with van der Waals surface area (Å²) in [4.78, 5) is 17.7. The maximum absolute atomic E-state index is 13.4. The maximum Gasteiger partial charge on any atom is 0.253 e. The quantitative estimate of drug-likeness (QED) is 0.545. The second-order valence-electron chi connectivity index (χ2n) is 9.51. The lowest BCUT2D eigenvalue weighted by molar-refractivity contribution is 0.0597. The Morgan fingerprint density at radius 1 is 0.857 bits per heavy atom. The fourth-order valence-electron chi connectivity index (χ4n) is 5.49. The number of carbonyl (C=O) groups is 1. The van der Waals surface area contributed by atoms with Gasteiger partial charge in [0.25, 0.3) is 5.91 Å². The second kappa shape index (κ2) is 9.47. The Hall–Kier alpha value is -3.16. The van der Waals surface area contributed by atoms with Crippen molar-refractivity contribution in [1.29, 1.82) is 0 Å². The molecule has 6 nitrogen and oxygen atoms in total. The van der Waals surface area contributed by atoms with Crippen molar-refractivity contribution in [2.24, 2.45) is 0 Å². The van der Waals surface area contributed by atoms with E-state index in [4.69, 9.17) is 0 Å². The minimum absolute atomic E-state index is 0.00822. The molecule has 3 aromatic rings. The summed E-state index contributed by atoms with van der Waals surface area (Å²) in [7, 11) is -3.35. The molecule has 0 radical (unpaired) electrons. The van der Waals surface area contributed by atoms with Gasteiger partial charge in [-0.25, -0.2) is 8.42 Å². The van der Waals surface area contributed by atoms with Crippen LogP contribution in [0, 0.1) is 0 Å². The van der Waals surface area contributed by atoms with E-state index in [2.05, 4.69) is 53.4 Å². The van der Waals surface area contributed by atoms with Gasteiger partial charge in [-0.3, -0.25) is 14.0 Å². The van der Waals surface area contributed by atoms with E-state index < -0.39 is 10.0 Å². The predicted octanol–water partition coefficient (Wildman–Crippen LogP) is 3.94. The van der Waals surface area contributed by atoms with Crippen LogP contribution in [0.1, 0.15) is 40.0 Å². The van der Waals surface area contributed by atoms with Crippen LogP contribution >= 0.6 is 0 Å². The SMILES string of the molecule is CC1Cc2cc(C(=O)N3CCN(C(c4ccccc4)c4ccccc4)CC3)ccc2N1S(C)(=O)=O. The number of benzene rings is 3. The number of sulfonamides is 1. The van der Waals surface area contributed by atoms with Crippen LogP contribution in [0.3, 0.4) is 0 Å². The molecule has 1 fully saturated rings. The predicted molar refractivity (Wildman–Crippen MR) is 139 cm³/mol. The highest BCUT2D eigenvalue weighted by Crippen LogP contribution is 2.35. The molecular formula is C28H31N3O3S. The number of hydrogen-bond acceptors (Lipinski definition) is 4. The van der Waals surface area contributed by atoms with E-state index in [1.165, 1.54) is 21.7 Å². The van der Waals surface area contributed by atoms with Crippen molar-refractivity contribution in [3.8, 4) is 0 Å². The van der Waals surface area contributed by atoms with Crippen LogP contribution in [0.4, 0.5) is 5.69 Å². The first-order chi connectivity index (χ1) is 16.8. The van der Waals surface area contributed by atoms with Gasteiger partial charge < -0.3 is 4.90 Å². The smallest absolute Gasteiger partial charge is 0.253 e. The summed E-state index contributed by atoms with van der Waals surface area (Å²) in [5.74, 6) is 0.00822. The minimum Gasteiger partial charge on any atom is -0.336 e. The summed E-state index contributed by atoms with van der Waals surface area (Å²) in [6, 6.07) is 26.5. The summed E-state index contributed by atoms with van der Waals surface area (Å²) in [5.41, 5.74) is 4.74. The van der Waals surface area contributed by atoms with Crippen molar-refractivity contribution in [2.75, 3.05) is 36.7 Å². The fourth-order valence-corrected chi connectivity index (χ4v) is 6.76. The molecule has 5 rings (SSSR count). The lowest BCUT2D eigenvalue weighted by atomic mass is 9.96. The molecule has 0 bridgehead atoms. The molecule has 182 valence electrons. The third-order valence-corrected chi connectivity index (χ3v) is 8.31. The maximum atomic E-state index is 13.4. The molecule has 7 heteroatoms. The zero-order valence-corrected chi connectivity index (χ0v) is 21.0. The van der Waals surface area contributed by atoms with Gasteiger partial charge in [-0.2, -0.15) is 0 Å². The van der Waals surface area contributed by atoms with Gasteiger partial charge in [-0.05, 0) is 48.2 Å². The molecule has 35 heavy (non-hydrogen) atoms. The molecule has 1 atom stereocenters. The van der Waals surface area contributed by atoms with E-state index in [9.17, 15) is 13.2 Å². The van der Waals surface area contributed by atoms with E-state index in [1.807, 2.05) is 30.0 Å². The van der Waals surface area contributed by atoms with Gasteiger partial charge in [0.1, 0.15) is 0 Å². The number of hydrogen-bond donors (Lipinski definition) is 0. The van der Waals surface area contributed by atoms with Gasteiger partial charge in [-0.15, -0.1) is 0 Å². The number of piperazine rings is 1. The summed E-state index contributed by atoms with van der Waals surface area (Å²) in [6.45, 7) is 4.77. The Morgan fingerprint density at radius 2 is 1.43 bits per heavy atom. The van der Waals surface area contributed by atoms with Crippen molar-refractivity contribution < 1.29 is 13.2 Å².